The summed E-state index contributed by atoms with van der Waals surface area (Å²) < 4.78 is 2.64. The molecular formula is C36H29N. The van der Waals surface area contributed by atoms with E-state index in [1.807, 2.05) is 0 Å². The van der Waals surface area contributed by atoms with Crippen molar-refractivity contribution >= 4 is 44.2 Å². The van der Waals surface area contributed by atoms with Gasteiger partial charge in [-0.05, 0) is 86.3 Å². The highest BCUT2D eigenvalue weighted by atomic mass is 15.0. The van der Waals surface area contributed by atoms with Crippen molar-refractivity contribution in [1.82, 2.24) is 4.57 Å². The van der Waals surface area contributed by atoms with Crippen LogP contribution in [0.15, 0.2) is 97.1 Å². The van der Waals surface area contributed by atoms with Gasteiger partial charge in [-0.3, -0.25) is 0 Å². The van der Waals surface area contributed by atoms with Crippen molar-refractivity contribution in [3.05, 3.63) is 119 Å². The van der Waals surface area contributed by atoms with Crippen LogP contribution in [0.25, 0.3) is 55.4 Å². The summed E-state index contributed by atoms with van der Waals surface area (Å²) in [5, 5.41) is 5.34. The van der Waals surface area contributed by atoms with Gasteiger partial charge in [0.05, 0.1) is 17.1 Å². The van der Waals surface area contributed by atoms with Crippen LogP contribution >= 0.6 is 0 Å². The molecule has 0 amide bonds. The zero-order valence-corrected chi connectivity index (χ0v) is 21.5. The molecule has 2 aliphatic rings. The quantitative estimate of drug-likeness (QED) is 0.223. The zero-order chi connectivity index (χ0) is 24.9. The highest BCUT2D eigenvalue weighted by Crippen LogP contribution is 2.52. The van der Waals surface area contributed by atoms with Gasteiger partial charge in [-0.2, -0.15) is 0 Å². The molecular weight excluding hydrogens is 446 g/mol. The molecule has 1 aromatic heterocycles. The van der Waals surface area contributed by atoms with Crippen molar-refractivity contribution < 1.29 is 0 Å². The molecule has 0 saturated carbocycles. The first-order valence-electron chi connectivity index (χ1n) is 13.4. The minimum Gasteiger partial charge on any atom is -0.332 e. The van der Waals surface area contributed by atoms with Crippen molar-refractivity contribution in [2.24, 2.45) is 0 Å². The van der Waals surface area contributed by atoms with E-state index in [1.165, 1.54) is 71.5 Å². The Labute approximate surface area is 217 Å². The standard InChI is InChI=1S/C36H29N/c1-36(2,3)28-14-12-22(13-15-28)27-18-31-29-16-23-8-4-6-10-25(23)20-33(29)37-34-21-26-11-7-5-9-24(26)17-30(34)32(19-27)35(31)37/h4-20,34H,21H2,1-3H3. The first kappa shape index (κ1) is 21.0. The van der Waals surface area contributed by atoms with Crippen LogP contribution in [-0.2, 0) is 11.8 Å². The number of benzene rings is 5. The lowest BCUT2D eigenvalue weighted by Gasteiger charge is -2.24. The molecule has 2 heterocycles. The van der Waals surface area contributed by atoms with Crippen LogP contribution < -0.4 is 0 Å². The van der Waals surface area contributed by atoms with Gasteiger partial charge in [-0.1, -0.05) is 93.6 Å². The van der Waals surface area contributed by atoms with Crippen LogP contribution in [-0.4, -0.2) is 4.57 Å². The van der Waals surface area contributed by atoms with Crippen LogP contribution in [0.3, 0.4) is 0 Å². The summed E-state index contributed by atoms with van der Waals surface area (Å²) in [6.45, 7) is 6.84. The molecule has 1 heteroatoms. The lowest BCUT2D eigenvalue weighted by molar-refractivity contribution is 0.590. The number of fused-ring (bicyclic) bond motifs is 8. The van der Waals surface area contributed by atoms with E-state index in [0.717, 1.165) is 6.42 Å². The van der Waals surface area contributed by atoms with E-state index in [1.54, 1.807) is 0 Å². The smallest absolute Gasteiger partial charge is 0.0639 e. The van der Waals surface area contributed by atoms with Crippen molar-refractivity contribution in [3.8, 4) is 11.1 Å². The lowest BCUT2D eigenvalue weighted by Crippen LogP contribution is -2.12. The van der Waals surface area contributed by atoms with Crippen molar-refractivity contribution in [1.29, 1.82) is 0 Å². The van der Waals surface area contributed by atoms with Crippen LogP contribution in [0.2, 0.25) is 0 Å². The molecule has 0 saturated heterocycles. The van der Waals surface area contributed by atoms with Gasteiger partial charge in [0.1, 0.15) is 0 Å². The van der Waals surface area contributed by atoms with Crippen LogP contribution in [0.5, 0.6) is 0 Å². The lowest BCUT2D eigenvalue weighted by atomic mass is 9.84. The molecule has 1 unspecified atom stereocenters. The number of rotatable bonds is 1. The maximum atomic E-state index is 2.64. The van der Waals surface area contributed by atoms with E-state index < -0.39 is 0 Å². The van der Waals surface area contributed by atoms with E-state index >= 15 is 0 Å². The van der Waals surface area contributed by atoms with E-state index in [4.69, 9.17) is 0 Å². The van der Waals surface area contributed by atoms with Gasteiger partial charge in [0.15, 0.2) is 0 Å². The number of hydrogen-bond donors (Lipinski definition) is 0. The summed E-state index contributed by atoms with van der Waals surface area (Å²) in [6.07, 6.45) is 3.49. The van der Waals surface area contributed by atoms with E-state index in [-0.39, 0.29) is 5.41 Å². The summed E-state index contributed by atoms with van der Waals surface area (Å²) in [4.78, 5) is 0. The van der Waals surface area contributed by atoms with Crippen LogP contribution in [0.1, 0.15) is 49.1 Å². The Morgan fingerprint density at radius 1 is 0.703 bits per heavy atom. The Morgan fingerprint density at radius 3 is 2.22 bits per heavy atom. The molecule has 1 atom stereocenters. The Kier molecular flexibility index (Phi) is 4.11. The average Bonchev–Trinajstić information content (AvgIpc) is 3.40. The van der Waals surface area contributed by atoms with Gasteiger partial charge in [0.25, 0.3) is 0 Å². The van der Waals surface area contributed by atoms with E-state index in [0.29, 0.717) is 6.04 Å². The van der Waals surface area contributed by atoms with Crippen LogP contribution in [0, 0.1) is 0 Å². The second kappa shape index (κ2) is 7.23. The molecule has 37 heavy (non-hydrogen) atoms. The monoisotopic (exact) mass is 475 g/mol. The summed E-state index contributed by atoms with van der Waals surface area (Å²) in [7, 11) is 0. The third-order valence-corrected chi connectivity index (χ3v) is 8.61. The second-order valence-electron chi connectivity index (χ2n) is 11.9. The van der Waals surface area contributed by atoms with E-state index in [9.17, 15) is 0 Å². The zero-order valence-electron chi connectivity index (χ0n) is 21.5. The molecule has 1 aliphatic carbocycles. The summed E-state index contributed by atoms with van der Waals surface area (Å²) >= 11 is 0. The number of hydrogen-bond acceptors (Lipinski definition) is 0. The first-order valence-corrected chi connectivity index (χ1v) is 13.4. The fourth-order valence-corrected chi connectivity index (χ4v) is 6.67. The Bertz CT molecular complexity index is 1920. The fraction of sp³-hybridized carbons (Fsp3) is 0.167. The molecule has 0 spiro atoms. The van der Waals surface area contributed by atoms with E-state index in [2.05, 4.69) is 128 Å². The Hall–Kier alpha value is -4.10. The van der Waals surface area contributed by atoms with Crippen LogP contribution in [0.4, 0.5) is 0 Å². The predicted molar refractivity (Wildman–Crippen MR) is 158 cm³/mol. The minimum absolute atomic E-state index is 0.151. The highest BCUT2D eigenvalue weighted by molar-refractivity contribution is 6.19. The van der Waals surface area contributed by atoms with Gasteiger partial charge < -0.3 is 4.57 Å². The molecule has 8 rings (SSSR count). The van der Waals surface area contributed by atoms with Gasteiger partial charge in [0.2, 0.25) is 0 Å². The molecule has 0 N–H and O–H groups in total. The van der Waals surface area contributed by atoms with Gasteiger partial charge in [0, 0.05) is 16.3 Å². The van der Waals surface area contributed by atoms with Gasteiger partial charge in [-0.25, -0.2) is 0 Å². The SMILES string of the molecule is CC(C)(C)c1ccc(-c2cc3c4c(c2)c2cc5ccccc5cc2n4C2Cc4ccccc4C=C32)cc1. The molecule has 0 radical (unpaired) electrons. The minimum atomic E-state index is 0.151. The second-order valence-corrected chi connectivity index (χ2v) is 11.9. The van der Waals surface area contributed by atoms with Crippen molar-refractivity contribution in [2.45, 2.75) is 38.6 Å². The molecule has 1 aliphatic heterocycles. The molecule has 1 nitrogen and oxygen atoms in total. The highest BCUT2D eigenvalue weighted by Gasteiger charge is 2.35. The summed E-state index contributed by atoms with van der Waals surface area (Å²) in [6, 6.07) is 36.9. The molecule has 6 aromatic rings. The van der Waals surface area contributed by atoms with Crippen molar-refractivity contribution in [3.63, 3.8) is 0 Å². The largest absolute Gasteiger partial charge is 0.332 e. The molecule has 5 aromatic carbocycles. The third kappa shape index (κ3) is 2.98. The molecule has 0 bridgehead atoms. The topological polar surface area (TPSA) is 4.93 Å². The first-order chi connectivity index (χ1) is 18.0. The average molecular weight is 476 g/mol. The number of aromatic nitrogens is 1. The van der Waals surface area contributed by atoms with Crippen molar-refractivity contribution in [2.75, 3.05) is 0 Å². The summed E-state index contributed by atoms with van der Waals surface area (Å²) in [5.74, 6) is 0. The number of nitrogens with zero attached hydrogens (tertiary/aromatic N) is 1. The Morgan fingerprint density at radius 2 is 1.43 bits per heavy atom. The molecule has 0 fully saturated rings. The fourth-order valence-electron chi connectivity index (χ4n) is 6.67. The predicted octanol–water partition coefficient (Wildman–Crippen LogP) is 9.56. The van der Waals surface area contributed by atoms with Gasteiger partial charge >= 0.3 is 0 Å². The maximum Gasteiger partial charge on any atom is 0.0639 e. The molecule has 178 valence electrons. The summed E-state index contributed by atoms with van der Waals surface area (Å²) in [5.41, 5.74) is 12.5. The normalized spacial score (nSPS) is 16.3. The third-order valence-electron chi connectivity index (χ3n) is 8.61. The maximum absolute atomic E-state index is 2.64. The van der Waals surface area contributed by atoms with Gasteiger partial charge in [-0.15, -0.1) is 0 Å². The number of allylic oxidation sites excluding steroid dienone is 1. The Balaban J connectivity index is 1.44.